The molecule has 5 rings (SSSR count). The van der Waals surface area contributed by atoms with E-state index in [2.05, 4.69) is 4.98 Å². The van der Waals surface area contributed by atoms with Gasteiger partial charge in [-0.3, -0.25) is 4.79 Å². The van der Waals surface area contributed by atoms with Crippen LogP contribution < -0.4 is 4.74 Å². The lowest BCUT2D eigenvalue weighted by Gasteiger charge is -2.24. The summed E-state index contributed by atoms with van der Waals surface area (Å²) in [5.74, 6) is -0.488. The van der Waals surface area contributed by atoms with Crippen molar-refractivity contribution in [1.82, 2.24) is 4.98 Å². The molecule has 1 unspecified atom stereocenters. The fourth-order valence-corrected chi connectivity index (χ4v) is 5.86. The van der Waals surface area contributed by atoms with Gasteiger partial charge in [0, 0.05) is 16.9 Å². The van der Waals surface area contributed by atoms with Gasteiger partial charge < -0.3 is 4.74 Å². The molecule has 0 radical (unpaired) electrons. The van der Waals surface area contributed by atoms with Gasteiger partial charge in [0.15, 0.2) is 15.6 Å². The van der Waals surface area contributed by atoms with Gasteiger partial charge in [-0.2, -0.15) is 0 Å². The van der Waals surface area contributed by atoms with Gasteiger partial charge in [0.1, 0.15) is 12.4 Å². The molecular formula is C26H21NO4S. The molecule has 0 saturated heterocycles. The van der Waals surface area contributed by atoms with Crippen molar-refractivity contribution < 1.29 is 17.9 Å². The van der Waals surface area contributed by atoms with Crippen LogP contribution in [-0.4, -0.2) is 24.9 Å². The first-order chi connectivity index (χ1) is 15.5. The molecule has 1 aromatic heterocycles. The standard InChI is InChI=1S/C26H21NO4S/c28-26-20(14-18-6-2-1-3-7-18)17-32(29,30)25-13-12-22(15-23(25)26)31-16-21-11-10-19-8-4-5-9-24(19)27-21/h1-13,15,20H,14,16-17H2. The number of sulfone groups is 1. The van der Waals surface area contributed by atoms with Crippen LogP contribution in [0.1, 0.15) is 21.6 Å². The number of ether oxygens (including phenoxy) is 1. The molecule has 4 aromatic rings. The monoisotopic (exact) mass is 443 g/mol. The average molecular weight is 444 g/mol. The lowest BCUT2D eigenvalue weighted by atomic mass is 9.92. The van der Waals surface area contributed by atoms with Gasteiger partial charge in [-0.1, -0.05) is 54.6 Å². The fraction of sp³-hybridized carbons (Fsp3) is 0.154. The van der Waals surface area contributed by atoms with E-state index < -0.39 is 15.8 Å². The highest BCUT2D eigenvalue weighted by atomic mass is 32.2. The Balaban J connectivity index is 1.39. The van der Waals surface area contributed by atoms with E-state index in [0.29, 0.717) is 12.2 Å². The Bertz CT molecular complexity index is 1410. The van der Waals surface area contributed by atoms with E-state index in [1.165, 1.54) is 6.07 Å². The number of hydrogen-bond donors (Lipinski definition) is 0. The maximum atomic E-state index is 13.1. The lowest BCUT2D eigenvalue weighted by molar-refractivity contribution is 0.0923. The Labute approximate surface area is 186 Å². The second-order valence-electron chi connectivity index (χ2n) is 7.97. The fourth-order valence-electron chi connectivity index (χ4n) is 4.11. The van der Waals surface area contributed by atoms with Crippen molar-refractivity contribution in [2.45, 2.75) is 17.9 Å². The van der Waals surface area contributed by atoms with Crippen molar-refractivity contribution in [1.29, 1.82) is 0 Å². The molecule has 32 heavy (non-hydrogen) atoms. The summed E-state index contributed by atoms with van der Waals surface area (Å²) in [6, 6.07) is 25.8. The third-order valence-corrected chi connectivity index (χ3v) is 7.58. The molecule has 6 heteroatoms. The number of para-hydroxylation sites is 1. The second-order valence-corrected chi connectivity index (χ2v) is 9.98. The molecule has 1 aliphatic heterocycles. The van der Waals surface area contributed by atoms with Crippen molar-refractivity contribution >= 4 is 26.5 Å². The number of ketones is 1. The zero-order valence-electron chi connectivity index (χ0n) is 17.3. The number of carbonyl (C=O) groups excluding carboxylic acids is 1. The quantitative estimate of drug-likeness (QED) is 0.449. The van der Waals surface area contributed by atoms with E-state index in [1.807, 2.05) is 66.7 Å². The highest BCUT2D eigenvalue weighted by Crippen LogP contribution is 2.33. The molecule has 0 amide bonds. The summed E-state index contributed by atoms with van der Waals surface area (Å²) >= 11 is 0. The topological polar surface area (TPSA) is 73.3 Å². The number of carbonyl (C=O) groups is 1. The predicted octanol–water partition coefficient (Wildman–Crippen LogP) is 4.64. The second kappa shape index (κ2) is 8.20. The zero-order valence-corrected chi connectivity index (χ0v) is 18.1. The average Bonchev–Trinajstić information content (AvgIpc) is 2.81. The minimum atomic E-state index is -3.54. The van der Waals surface area contributed by atoms with Crippen molar-refractivity contribution in [2.75, 3.05) is 5.75 Å². The summed E-state index contributed by atoms with van der Waals surface area (Å²) < 4.78 is 31.5. The Kier molecular flexibility index (Phi) is 5.23. The molecule has 5 nitrogen and oxygen atoms in total. The van der Waals surface area contributed by atoms with E-state index >= 15 is 0 Å². The van der Waals surface area contributed by atoms with Crippen LogP contribution in [0.15, 0.2) is 89.8 Å². The molecule has 0 fully saturated rings. The van der Waals surface area contributed by atoms with Crippen molar-refractivity contribution in [3.8, 4) is 5.75 Å². The third-order valence-electron chi connectivity index (χ3n) is 5.71. The summed E-state index contributed by atoms with van der Waals surface area (Å²) in [5, 5.41) is 1.05. The summed E-state index contributed by atoms with van der Waals surface area (Å²) in [6.07, 6.45) is 0.393. The third kappa shape index (κ3) is 4.01. The summed E-state index contributed by atoms with van der Waals surface area (Å²) in [5.41, 5.74) is 2.78. The van der Waals surface area contributed by atoms with Crippen molar-refractivity contribution in [3.63, 3.8) is 0 Å². The molecule has 0 spiro atoms. The van der Waals surface area contributed by atoms with Gasteiger partial charge in [-0.25, -0.2) is 13.4 Å². The minimum Gasteiger partial charge on any atom is -0.487 e. The molecule has 3 aromatic carbocycles. The maximum absolute atomic E-state index is 13.1. The van der Waals surface area contributed by atoms with Gasteiger partial charge in [0.2, 0.25) is 0 Å². The van der Waals surface area contributed by atoms with Gasteiger partial charge >= 0.3 is 0 Å². The minimum absolute atomic E-state index is 0.0861. The van der Waals surface area contributed by atoms with Crippen LogP contribution in [0, 0.1) is 5.92 Å². The Morgan fingerprint density at radius 2 is 1.69 bits per heavy atom. The number of aromatic nitrogens is 1. The molecule has 160 valence electrons. The van der Waals surface area contributed by atoms with Crippen LogP contribution >= 0.6 is 0 Å². The van der Waals surface area contributed by atoms with Gasteiger partial charge in [0.25, 0.3) is 0 Å². The molecule has 1 atom stereocenters. The highest BCUT2D eigenvalue weighted by molar-refractivity contribution is 7.91. The van der Waals surface area contributed by atoms with Crippen LogP contribution in [0.4, 0.5) is 0 Å². The normalized spacial score (nSPS) is 17.1. The van der Waals surface area contributed by atoms with Crippen LogP contribution in [0.25, 0.3) is 10.9 Å². The first-order valence-corrected chi connectivity index (χ1v) is 12.1. The van der Waals surface area contributed by atoms with E-state index in [4.69, 9.17) is 4.74 Å². The van der Waals surface area contributed by atoms with E-state index in [-0.39, 0.29) is 28.6 Å². The van der Waals surface area contributed by atoms with Crippen LogP contribution in [-0.2, 0) is 22.9 Å². The number of hydrogen-bond acceptors (Lipinski definition) is 5. The molecular weight excluding hydrogens is 422 g/mol. The number of Topliss-reactive ketones (excluding diaryl/α,β-unsaturated/α-hetero) is 1. The van der Waals surface area contributed by atoms with E-state index in [9.17, 15) is 13.2 Å². The maximum Gasteiger partial charge on any atom is 0.179 e. The SMILES string of the molecule is O=C1c2cc(OCc3ccc4ccccc4n3)ccc2S(=O)(=O)CC1Cc1ccccc1. The molecule has 0 bridgehead atoms. The number of benzene rings is 3. The Morgan fingerprint density at radius 1 is 0.906 bits per heavy atom. The molecule has 0 aliphatic carbocycles. The number of pyridine rings is 1. The summed E-state index contributed by atoms with van der Waals surface area (Å²) in [7, 11) is -3.54. The van der Waals surface area contributed by atoms with Crippen molar-refractivity contribution in [2.24, 2.45) is 5.92 Å². The van der Waals surface area contributed by atoms with Gasteiger partial charge in [-0.15, -0.1) is 0 Å². The highest BCUT2D eigenvalue weighted by Gasteiger charge is 2.37. The zero-order chi connectivity index (χ0) is 22.1. The largest absolute Gasteiger partial charge is 0.487 e. The molecule has 0 saturated carbocycles. The Hall–Kier alpha value is -3.51. The van der Waals surface area contributed by atoms with Gasteiger partial charge in [0.05, 0.1) is 21.9 Å². The Morgan fingerprint density at radius 3 is 2.53 bits per heavy atom. The summed E-state index contributed by atoms with van der Waals surface area (Å²) in [6.45, 7) is 0.220. The number of fused-ring (bicyclic) bond motifs is 2. The van der Waals surface area contributed by atoms with E-state index in [1.54, 1.807) is 12.1 Å². The summed E-state index contributed by atoms with van der Waals surface area (Å²) in [4.78, 5) is 17.8. The van der Waals surface area contributed by atoms with Crippen molar-refractivity contribution in [3.05, 3.63) is 102 Å². The van der Waals surface area contributed by atoms with Crippen LogP contribution in [0.3, 0.4) is 0 Å². The van der Waals surface area contributed by atoms with Crippen LogP contribution in [0.5, 0.6) is 5.75 Å². The van der Waals surface area contributed by atoms with Gasteiger partial charge in [-0.05, 0) is 42.3 Å². The predicted molar refractivity (Wildman–Crippen MR) is 123 cm³/mol. The molecule has 1 aliphatic rings. The molecule has 0 N–H and O–H groups in total. The number of nitrogens with zero attached hydrogens (tertiary/aromatic N) is 1. The smallest absolute Gasteiger partial charge is 0.179 e. The van der Waals surface area contributed by atoms with E-state index in [0.717, 1.165) is 22.2 Å². The van der Waals surface area contributed by atoms with Crippen LogP contribution in [0.2, 0.25) is 0 Å². The first kappa shape index (κ1) is 20.4. The lowest BCUT2D eigenvalue weighted by Crippen LogP contribution is -2.32. The first-order valence-electron chi connectivity index (χ1n) is 10.4. The number of rotatable bonds is 5. The molecule has 2 heterocycles.